The van der Waals surface area contributed by atoms with E-state index >= 15 is 0 Å². The van der Waals surface area contributed by atoms with Crippen LogP contribution in [-0.4, -0.2) is 49.0 Å². The predicted octanol–water partition coefficient (Wildman–Crippen LogP) is 4.65. The van der Waals surface area contributed by atoms with Crippen molar-refractivity contribution < 1.29 is 13.2 Å². The van der Waals surface area contributed by atoms with E-state index in [2.05, 4.69) is 26.2 Å². The van der Waals surface area contributed by atoms with Gasteiger partial charge in [0.1, 0.15) is 0 Å². The minimum absolute atomic E-state index is 0.138. The average molecular weight is 549 g/mol. The molecule has 1 aromatic carbocycles. The minimum Gasteiger partial charge on any atom is -0.351 e. The lowest BCUT2D eigenvalue weighted by molar-refractivity contribution is 0.0932. The average Bonchev–Trinajstić information content (AvgIpc) is 2.72. The Morgan fingerprint density at radius 1 is 1.26 bits per heavy atom. The third-order valence-corrected chi connectivity index (χ3v) is 8.82. The molecule has 0 saturated carbocycles. The largest absolute Gasteiger partial charge is 0.351 e. The second-order valence-corrected chi connectivity index (χ2v) is 11.4. The van der Waals surface area contributed by atoms with Gasteiger partial charge in [-0.3, -0.25) is 9.78 Å². The molecule has 1 saturated heterocycles. The first kappa shape index (κ1) is 24.5. The number of carbonyl (C=O) groups excluding carboxylic acids is 1. The number of hydrogen-bond acceptors (Lipinski definition) is 4. The zero-order valence-corrected chi connectivity index (χ0v) is 21.0. The molecule has 1 N–H and O–H groups in total. The van der Waals surface area contributed by atoms with E-state index in [0.717, 1.165) is 10.2 Å². The number of aromatic nitrogens is 1. The molecular formula is C21H24BrCl2N3O3S. The van der Waals surface area contributed by atoms with Crippen molar-refractivity contribution >= 4 is 55.1 Å². The Kier molecular flexibility index (Phi) is 8.02. The molecule has 1 aromatic heterocycles. The van der Waals surface area contributed by atoms with Crippen molar-refractivity contribution in [1.29, 1.82) is 0 Å². The quantitative estimate of drug-likeness (QED) is 0.546. The molecule has 0 atom stereocenters. The summed E-state index contributed by atoms with van der Waals surface area (Å²) < 4.78 is 27.4. The first-order chi connectivity index (χ1) is 14.7. The second kappa shape index (κ2) is 10.2. The van der Waals surface area contributed by atoms with Gasteiger partial charge in [-0.25, -0.2) is 12.7 Å². The summed E-state index contributed by atoms with van der Waals surface area (Å²) in [5, 5.41) is 3.71. The Bertz CT molecular complexity index is 1060. The Morgan fingerprint density at radius 3 is 2.58 bits per heavy atom. The minimum atomic E-state index is -3.28. The van der Waals surface area contributed by atoms with Crippen molar-refractivity contribution in [2.45, 2.75) is 31.6 Å². The van der Waals surface area contributed by atoms with E-state index in [1.807, 2.05) is 19.1 Å². The Hall–Kier alpha value is -1.19. The third-order valence-electron chi connectivity index (χ3n) is 5.56. The van der Waals surface area contributed by atoms with Crippen molar-refractivity contribution in [3.63, 3.8) is 0 Å². The lowest BCUT2D eigenvalue weighted by Crippen LogP contribution is -2.51. The van der Waals surface area contributed by atoms with E-state index in [4.69, 9.17) is 23.2 Å². The second-order valence-electron chi connectivity index (χ2n) is 7.64. The van der Waals surface area contributed by atoms with Crippen molar-refractivity contribution in [2.24, 2.45) is 0 Å². The molecule has 1 aliphatic rings. The van der Waals surface area contributed by atoms with Gasteiger partial charge in [0.05, 0.1) is 22.0 Å². The van der Waals surface area contributed by atoms with Crippen LogP contribution in [0.25, 0.3) is 0 Å². The van der Waals surface area contributed by atoms with Gasteiger partial charge in [-0.05, 0) is 65.5 Å². The van der Waals surface area contributed by atoms with Crippen LogP contribution in [0.3, 0.4) is 0 Å². The van der Waals surface area contributed by atoms with Gasteiger partial charge in [0.15, 0.2) is 0 Å². The molecule has 0 unspecified atom stereocenters. The van der Waals surface area contributed by atoms with Crippen LogP contribution in [0.5, 0.6) is 0 Å². The molecule has 1 amide bonds. The van der Waals surface area contributed by atoms with E-state index < -0.39 is 15.4 Å². The highest BCUT2D eigenvalue weighted by Crippen LogP contribution is 2.38. The molecular weight excluding hydrogens is 525 g/mol. The molecule has 1 aliphatic heterocycles. The van der Waals surface area contributed by atoms with Crippen LogP contribution in [0, 0.1) is 0 Å². The number of halogens is 3. The molecule has 2 heterocycles. The van der Waals surface area contributed by atoms with Gasteiger partial charge in [-0.15, -0.1) is 0 Å². The van der Waals surface area contributed by atoms with Crippen LogP contribution < -0.4 is 5.32 Å². The van der Waals surface area contributed by atoms with Crippen molar-refractivity contribution in [1.82, 2.24) is 14.6 Å². The van der Waals surface area contributed by atoms with Crippen LogP contribution in [-0.2, 0) is 15.4 Å². The molecule has 2 aromatic rings. The molecule has 0 radical (unpaired) electrons. The molecule has 1 fully saturated rings. The van der Waals surface area contributed by atoms with E-state index in [1.165, 1.54) is 6.07 Å². The highest BCUT2D eigenvalue weighted by atomic mass is 79.9. The summed E-state index contributed by atoms with van der Waals surface area (Å²) in [6.45, 7) is 2.92. The number of pyridine rings is 1. The normalized spacial score (nSPS) is 16.8. The Morgan fingerprint density at radius 2 is 1.97 bits per heavy atom. The monoisotopic (exact) mass is 547 g/mol. The predicted molar refractivity (Wildman–Crippen MR) is 127 cm³/mol. The van der Waals surface area contributed by atoms with Gasteiger partial charge < -0.3 is 5.32 Å². The number of rotatable bonds is 7. The number of sulfonamides is 1. The summed E-state index contributed by atoms with van der Waals surface area (Å²) in [4.78, 5) is 17.4. The smallest absolute Gasteiger partial charge is 0.252 e. The summed E-state index contributed by atoms with van der Waals surface area (Å²) in [5.41, 5.74) is 0.640. The lowest BCUT2D eigenvalue weighted by Gasteiger charge is -2.41. The number of hydrogen-bond donors (Lipinski definition) is 1. The standard InChI is InChI=1S/C21H24BrCl2N3O3S/c1-2-12-31(29,30)27-10-7-21(8-11-27,19-17(22)4-3-9-25-19)14-26-20(28)16-6-5-15(23)13-18(16)24/h3-6,9,13H,2,7-8,10-12,14H2,1H3,(H,26,28). The fraction of sp³-hybridized carbons (Fsp3) is 0.429. The third kappa shape index (κ3) is 5.60. The maximum Gasteiger partial charge on any atom is 0.252 e. The fourth-order valence-electron chi connectivity index (χ4n) is 3.87. The van der Waals surface area contributed by atoms with Gasteiger partial charge in [-0.2, -0.15) is 0 Å². The van der Waals surface area contributed by atoms with Crippen LogP contribution >= 0.6 is 39.1 Å². The van der Waals surface area contributed by atoms with E-state index in [9.17, 15) is 13.2 Å². The van der Waals surface area contributed by atoms with Gasteiger partial charge in [-0.1, -0.05) is 30.1 Å². The molecule has 6 nitrogen and oxygen atoms in total. The highest BCUT2D eigenvalue weighted by molar-refractivity contribution is 9.10. The van der Waals surface area contributed by atoms with Crippen molar-refractivity contribution in [3.05, 3.63) is 62.3 Å². The highest BCUT2D eigenvalue weighted by Gasteiger charge is 2.41. The molecule has 0 spiro atoms. The van der Waals surface area contributed by atoms with Gasteiger partial charge in [0.25, 0.3) is 5.91 Å². The number of benzene rings is 1. The lowest BCUT2D eigenvalue weighted by atomic mass is 9.75. The molecule has 0 bridgehead atoms. The fourth-order valence-corrected chi connectivity index (χ4v) is 6.55. The number of nitrogens with one attached hydrogen (secondary N) is 1. The van der Waals surface area contributed by atoms with Gasteiger partial charge in [0, 0.05) is 40.7 Å². The number of nitrogens with zero attached hydrogens (tertiary/aromatic N) is 2. The summed E-state index contributed by atoms with van der Waals surface area (Å²) in [6, 6.07) is 8.46. The molecule has 3 rings (SSSR count). The zero-order chi connectivity index (χ0) is 22.6. The van der Waals surface area contributed by atoms with E-state index in [0.29, 0.717) is 49.5 Å². The summed E-state index contributed by atoms with van der Waals surface area (Å²) in [7, 11) is -3.28. The molecule has 168 valence electrons. The van der Waals surface area contributed by atoms with E-state index in [1.54, 1.807) is 22.6 Å². The number of piperidine rings is 1. The van der Waals surface area contributed by atoms with Crippen LogP contribution in [0.1, 0.15) is 42.2 Å². The number of carbonyl (C=O) groups is 1. The molecule has 10 heteroatoms. The van der Waals surface area contributed by atoms with Crippen molar-refractivity contribution in [2.75, 3.05) is 25.4 Å². The van der Waals surface area contributed by atoms with Gasteiger partial charge >= 0.3 is 0 Å². The first-order valence-corrected chi connectivity index (χ1v) is 13.2. The summed E-state index contributed by atoms with van der Waals surface area (Å²) in [5.74, 6) is -0.173. The van der Waals surface area contributed by atoms with Crippen LogP contribution in [0.2, 0.25) is 10.0 Å². The Labute approximate surface area is 201 Å². The molecule has 31 heavy (non-hydrogen) atoms. The van der Waals surface area contributed by atoms with Crippen LogP contribution in [0.15, 0.2) is 41.0 Å². The van der Waals surface area contributed by atoms with Crippen LogP contribution in [0.4, 0.5) is 0 Å². The Balaban J connectivity index is 1.83. The van der Waals surface area contributed by atoms with Crippen molar-refractivity contribution in [3.8, 4) is 0 Å². The maximum atomic E-state index is 12.8. The first-order valence-electron chi connectivity index (χ1n) is 10.0. The molecule has 0 aliphatic carbocycles. The summed E-state index contributed by atoms with van der Waals surface area (Å²) in [6.07, 6.45) is 3.37. The number of amides is 1. The SMILES string of the molecule is CCCS(=O)(=O)N1CCC(CNC(=O)c2ccc(Cl)cc2Cl)(c2ncccc2Br)CC1. The zero-order valence-electron chi connectivity index (χ0n) is 17.1. The van der Waals surface area contributed by atoms with Gasteiger partial charge in [0.2, 0.25) is 10.0 Å². The topological polar surface area (TPSA) is 79.4 Å². The maximum absolute atomic E-state index is 12.8. The van der Waals surface area contributed by atoms with E-state index in [-0.39, 0.29) is 16.7 Å². The summed E-state index contributed by atoms with van der Waals surface area (Å²) >= 11 is 15.7.